The van der Waals surface area contributed by atoms with Crippen LogP contribution in [0.2, 0.25) is 0 Å². The van der Waals surface area contributed by atoms with Gasteiger partial charge in [0.05, 0.1) is 11.3 Å². The fraction of sp³-hybridized carbons (Fsp3) is 0.407. The molecule has 33 heavy (non-hydrogen) atoms. The molecule has 3 aromatic rings. The Hall–Kier alpha value is -2.96. The zero-order valence-electron chi connectivity index (χ0n) is 19.7. The van der Waals surface area contributed by atoms with Gasteiger partial charge in [-0.3, -0.25) is 9.69 Å². The highest BCUT2D eigenvalue weighted by molar-refractivity contribution is 6.00. The third kappa shape index (κ3) is 4.72. The Morgan fingerprint density at radius 1 is 0.970 bits per heavy atom. The van der Waals surface area contributed by atoms with Crippen molar-refractivity contribution in [3.63, 3.8) is 0 Å². The van der Waals surface area contributed by atoms with Gasteiger partial charge < -0.3 is 9.80 Å². The largest absolute Gasteiger partial charge is 0.336 e. The molecule has 1 unspecified atom stereocenters. The zero-order chi connectivity index (χ0) is 22.8. The van der Waals surface area contributed by atoms with Crippen molar-refractivity contribution in [1.82, 2.24) is 24.5 Å². The van der Waals surface area contributed by atoms with E-state index in [1.807, 2.05) is 58.2 Å². The number of benzene rings is 2. The number of carbonyl (C=O) groups excluding carboxylic acids is 1. The van der Waals surface area contributed by atoms with E-state index in [-0.39, 0.29) is 5.91 Å². The predicted octanol–water partition coefficient (Wildman–Crippen LogP) is 3.70. The topological polar surface area (TPSA) is 44.6 Å². The molecule has 0 spiro atoms. The minimum Gasteiger partial charge on any atom is -0.336 e. The average molecular weight is 444 g/mol. The Morgan fingerprint density at radius 3 is 2.48 bits per heavy atom. The van der Waals surface area contributed by atoms with Crippen LogP contribution in [0.25, 0.3) is 16.9 Å². The smallest absolute Gasteiger partial charge is 0.257 e. The van der Waals surface area contributed by atoms with Gasteiger partial charge in [0.25, 0.3) is 5.91 Å². The standard InChI is InChI=1S/C27H33N5O/c1-21-8-6-9-22(18-21)26-25(20-32(28-26)23-10-4-3-5-11-23)27(33)31-16-14-30(15-17-31)24-12-7-13-29(2)19-24/h3-6,8-11,18,20,24H,7,12-17,19H2,1-2H3. The average Bonchev–Trinajstić information content (AvgIpc) is 3.30. The summed E-state index contributed by atoms with van der Waals surface area (Å²) in [6.45, 7) is 7.82. The number of hydrogen-bond acceptors (Lipinski definition) is 4. The molecule has 1 atom stereocenters. The summed E-state index contributed by atoms with van der Waals surface area (Å²) < 4.78 is 1.83. The lowest BCUT2D eigenvalue weighted by molar-refractivity contribution is 0.0452. The van der Waals surface area contributed by atoms with E-state index in [9.17, 15) is 4.79 Å². The number of likely N-dealkylation sites (N-methyl/N-ethyl adjacent to an activating group) is 1. The Bertz CT molecular complexity index is 1100. The number of aryl methyl sites for hydroxylation is 1. The first kappa shape index (κ1) is 21.9. The second-order valence-electron chi connectivity index (χ2n) is 9.43. The Kier molecular flexibility index (Phi) is 6.29. The molecule has 3 heterocycles. The quantitative estimate of drug-likeness (QED) is 0.617. The fourth-order valence-corrected chi connectivity index (χ4v) is 5.15. The van der Waals surface area contributed by atoms with Crippen LogP contribution in [0.3, 0.4) is 0 Å². The van der Waals surface area contributed by atoms with Crippen molar-refractivity contribution in [3.8, 4) is 16.9 Å². The highest BCUT2D eigenvalue weighted by atomic mass is 16.2. The summed E-state index contributed by atoms with van der Waals surface area (Å²) in [5, 5.41) is 4.86. The SMILES string of the molecule is Cc1cccc(-c2nn(-c3ccccc3)cc2C(=O)N2CCN(C3CCCN(C)C3)CC2)c1. The van der Waals surface area contributed by atoms with Crippen molar-refractivity contribution in [2.45, 2.75) is 25.8 Å². The van der Waals surface area contributed by atoms with E-state index >= 15 is 0 Å². The second kappa shape index (κ2) is 9.49. The van der Waals surface area contributed by atoms with Gasteiger partial charge in [0.15, 0.2) is 0 Å². The van der Waals surface area contributed by atoms with Gasteiger partial charge in [-0.25, -0.2) is 4.68 Å². The normalized spacial score (nSPS) is 20.2. The van der Waals surface area contributed by atoms with Crippen LogP contribution in [0, 0.1) is 6.92 Å². The Labute approximate surface area is 196 Å². The summed E-state index contributed by atoms with van der Waals surface area (Å²) in [6, 6.07) is 18.9. The molecule has 172 valence electrons. The van der Waals surface area contributed by atoms with Crippen LogP contribution >= 0.6 is 0 Å². The van der Waals surface area contributed by atoms with E-state index in [1.165, 1.54) is 19.4 Å². The number of hydrogen-bond donors (Lipinski definition) is 0. The van der Waals surface area contributed by atoms with Crippen molar-refractivity contribution in [1.29, 1.82) is 0 Å². The van der Waals surface area contributed by atoms with Crippen molar-refractivity contribution >= 4 is 5.91 Å². The lowest BCUT2D eigenvalue weighted by atomic mass is 10.0. The molecule has 0 bridgehead atoms. The molecular formula is C27H33N5O. The number of nitrogens with zero attached hydrogens (tertiary/aromatic N) is 5. The van der Waals surface area contributed by atoms with E-state index in [2.05, 4.69) is 35.9 Å². The Balaban J connectivity index is 1.39. The zero-order valence-corrected chi connectivity index (χ0v) is 19.7. The van der Waals surface area contributed by atoms with Gasteiger partial charge >= 0.3 is 0 Å². The lowest BCUT2D eigenvalue weighted by Gasteiger charge is -2.42. The summed E-state index contributed by atoms with van der Waals surface area (Å²) >= 11 is 0. The summed E-state index contributed by atoms with van der Waals surface area (Å²) in [5.41, 5.74) is 4.53. The molecule has 2 aromatic carbocycles. The third-order valence-electron chi connectivity index (χ3n) is 6.97. The first-order chi connectivity index (χ1) is 16.1. The van der Waals surface area contributed by atoms with Gasteiger partial charge in [0, 0.05) is 50.5 Å². The second-order valence-corrected chi connectivity index (χ2v) is 9.43. The molecule has 2 aliphatic heterocycles. The molecule has 5 rings (SSSR count). The van der Waals surface area contributed by atoms with E-state index in [1.54, 1.807) is 0 Å². The number of rotatable bonds is 4. The number of para-hydroxylation sites is 1. The molecule has 0 N–H and O–H groups in total. The predicted molar refractivity (Wildman–Crippen MR) is 132 cm³/mol. The Morgan fingerprint density at radius 2 is 1.76 bits per heavy atom. The molecule has 0 saturated carbocycles. The summed E-state index contributed by atoms with van der Waals surface area (Å²) in [7, 11) is 2.21. The number of carbonyl (C=O) groups is 1. The van der Waals surface area contributed by atoms with Crippen LogP contribution in [-0.4, -0.2) is 82.7 Å². The first-order valence-corrected chi connectivity index (χ1v) is 12.0. The molecule has 0 radical (unpaired) electrons. The maximum absolute atomic E-state index is 13.7. The lowest BCUT2D eigenvalue weighted by Crippen LogP contribution is -2.55. The molecular weight excluding hydrogens is 410 g/mol. The van der Waals surface area contributed by atoms with E-state index in [0.29, 0.717) is 11.6 Å². The number of aromatic nitrogens is 2. The van der Waals surface area contributed by atoms with E-state index in [4.69, 9.17) is 5.10 Å². The van der Waals surface area contributed by atoms with Gasteiger partial charge in [-0.05, 0) is 51.6 Å². The van der Waals surface area contributed by atoms with Gasteiger partial charge in [-0.2, -0.15) is 5.10 Å². The molecule has 6 nitrogen and oxygen atoms in total. The van der Waals surface area contributed by atoms with Gasteiger partial charge in [-0.15, -0.1) is 0 Å². The maximum Gasteiger partial charge on any atom is 0.257 e. The number of piperazine rings is 1. The minimum absolute atomic E-state index is 0.0779. The first-order valence-electron chi connectivity index (χ1n) is 12.0. The summed E-state index contributed by atoms with van der Waals surface area (Å²) in [5.74, 6) is 0.0779. The summed E-state index contributed by atoms with van der Waals surface area (Å²) in [4.78, 5) is 20.7. The molecule has 6 heteroatoms. The number of amides is 1. The molecule has 2 saturated heterocycles. The third-order valence-corrected chi connectivity index (χ3v) is 6.97. The van der Waals surface area contributed by atoms with Crippen molar-refractivity contribution in [2.75, 3.05) is 46.3 Å². The van der Waals surface area contributed by atoms with E-state index in [0.717, 1.165) is 55.2 Å². The number of likely N-dealkylation sites (tertiary alicyclic amines) is 1. The maximum atomic E-state index is 13.7. The van der Waals surface area contributed by atoms with Crippen LogP contribution in [0.4, 0.5) is 0 Å². The summed E-state index contributed by atoms with van der Waals surface area (Å²) in [6.07, 6.45) is 4.43. The van der Waals surface area contributed by atoms with Gasteiger partial charge in [0.2, 0.25) is 0 Å². The van der Waals surface area contributed by atoms with Crippen molar-refractivity contribution < 1.29 is 4.79 Å². The molecule has 0 aliphatic carbocycles. The molecule has 2 aliphatic rings. The van der Waals surface area contributed by atoms with Crippen LogP contribution in [0.5, 0.6) is 0 Å². The molecule has 1 aromatic heterocycles. The van der Waals surface area contributed by atoms with Crippen LogP contribution in [-0.2, 0) is 0 Å². The van der Waals surface area contributed by atoms with Gasteiger partial charge in [-0.1, -0.05) is 42.0 Å². The molecule has 1 amide bonds. The van der Waals surface area contributed by atoms with E-state index < -0.39 is 0 Å². The highest BCUT2D eigenvalue weighted by Gasteiger charge is 2.30. The monoisotopic (exact) mass is 443 g/mol. The fourth-order valence-electron chi connectivity index (χ4n) is 5.15. The van der Waals surface area contributed by atoms with Crippen molar-refractivity contribution in [3.05, 3.63) is 71.9 Å². The molecule has 2 fully saturated rings. The number of piperidine rings is 1. The van der Waals surface area contributed by atoms with Crippen LogP contribution < -0.4 is 0 Å². The van der Waals surface area contributed by atoms with Crippen molar-refractivity contribution in [2.24, 2.45) is 0 Å². The highest BCUT2D eigenvalue weighted by Crippen LogP contribution is 2.27. The van der Waals surface area contributed by atoms with Gasteiger partial charge in [0.1, 0.15) is 5.69 Å². The van der Waals surface area contributed by atoms with Crippen LogP contribution in [0.15, 0.2) is 60.8 Å². The minimum atomic E-state index is 0.0779. The van der Waals surface area contributed by atoms with Crippen LogP contribution in [0.1, 0.15) is 28.8 Å².